The van der Waals surface area contributed by atoms with Crippen LogP contribution < -0.4 is 19.5 Å². The summed E-state index contributed by atoms with van der Waals surface area (Å²) in [5.74, 6) is 1.17. The Hall–Kier alpha value is -1.18. The lowest BCUT2D eigenvalue weighted by Gasteiger charge is -2.12. The molecule has 0 unspecified atom stereocenters. The van der Waals surface area contributed by atoms with Crippen LogP contribution in [0.3, 0.4) is 0 Å². The highest BCUT2D eigenvalue weighted by atomic mass is 35.5. The second-order valence-corrected chi connectivity index (χ2v) is 5.73. The minimum absolute atomic E-state index is 0. The number of benzene rings is 1. The Kier molecular flexibility index (Phi) is 5.71. The molecular weight excluding hydrogens is 292 g/mol. The molecule has 0 radical (unpaired) electrons. The molecule has 0 aliphatic carbocycles. The Morgan fingerprint density at radius 3 is 2.42 bits per heavy atom. The average molecular weight is 309 g/mol. The second-order valence-electron chi connectivity index (χ2n) is 3.98. The number of ether oxygens (including phenoxy) is 2. The number of halogens is 1. The molecule has 1 aliphatic rings. The number of hydrogen-bond donors (Lipinski definition) is 2. The van der Waals surface area contributed by atoms with Crippen LogP contribution >= 0.6 is 12.4 Å². The third kappa shape index (κ3) is 5.14. The predicted molar refractivity (Wildman–Crippen MR) is 76.0 cm³/mol. The topological polar surface area (TPSA) is 76.7 Å². The number of hydrogen-bond acceptors (Lipinski definition) is 5. The zero-order valence-corrected chi connectivity index (χ0v) is 12.1. The van der Waals surface area contributed by atoms with Crippen molar-refractivity contribution in [3.63, 3.8) is 0 Å². The monoisotopic (exact) mass is 308 g/mol. The van der Waals surface area contributed by atoms with E-state index in [-0.39, 0.29) is 12.4 Å². The van der Waals surface area contributed by atoms with Crippen LogP contribution in [0.4, 0.5) is 5.69 Å². The molecule has 8 heteroatoms. The van der Waals surface area contributed by atoms with E-state index in [0.717, 1.165) is 19.3 Å². The Morgan fingerprint density at radius 1 is 1.16 bits per heavy atom. The first kappa shape index (κ1) is 15.9. The minimum Gasteiger partial charge on any atom is -0.488 e. The van der Waals surface area contributed by atoms with Crippen LogP contribution in [0, 0.1) is 0 Å². The van der Waals surface area contributed by atoms with Crippen LogP contribution in [0.5, 0.6) is 11.5 Å². The summed E-state index contributed by atoms with van der Waals surface area (Å²) in [5.41, 5.74) is 0.465. The fourth-order valence-electron chi connectivity index (χ4n) is 1.61. The van der Waals surface area contributed by atoms with E-state index in [1.54, 1.807) is 18.2 Å². The number of nitrogens with one attached hydrogen (secondary N) is 2. The highest BCUT2D eigenvalue weighted by Gasteiger charge is 2.10. The van der Waals surface area contributed by atoms with Crippen LogP contribution in [0.25, 0.3) is 0 Å². The van der Waals surface area contributed by atoms with Gasteiger partial charge in [-0.2, -0.15) is 0 Å². The second kappa shape index (κ2) is 6.83. The van der Waals surface area contributed by atoms with Crippen molar-refractivity contribution < 1.29 is 17.9 Å². The largest absolute Gasteiger partial charge is 0.488 e. The molecule has 6 nitrogen and oxygen atoms in total. The summed E-state index contributed by atoms with van der Waals surface area (Å²) < 4.78 is 35.8. The van der Waals surface area contributed by atoms with Crippen LogP contribution in [0.1, 0.15) is 0 Å². The number of sulfonamides is 1. The smallest absolute Gasteiger partial charge is 0.229 e. The number of anilines is 1. The molecule has 0 amide bonds. The summed E-state index contributed by atoms with van der Waals surface area (Å²) in [6.45, 7) is 2.55. The molecule has 0 bridgehead atoms. The van der Waals surface area contributed by atoms with Gasteiger partial charge in [-0.3, -0.25) is 4.72 Å². The van der Waals surface area contributed by atoms with Gasteiger partial charge in [0.05, 0.1) is 11.9 Å². The first-order valence-corrected chi connectivity index (χ1v) is 7.52. The Bertz CT molecular complexity index is 521. The lowest BCUT2D eigenvalue weighted by molar-refractivity contribution is 0.295. The van der Waals surface area contributed by atoms with Gasteiger partial charge in [0.25, 0.3) is 0 Å². The lowest BCUT2D eigenvalue weighted by Crippen LogP contribution is -2.24. The molecule has 108 valence electrons. The van der Waals surface area contributed by atoms with E-state index in [9.17, 15) is 8.42 Å². The van der Waals surface area contributed by atoms with E-state index in [1.165, 1.54) is 0 Å². The fourth-order valence-corrected chi connectivity index (χ4v) is 2.16. The van der Waals surface area contributed by atoms with Crippen molar-refractivity contribution in [2.75, 3.05) is 37.3 Å². The van der Waals surface area contributed by atoms with E-state index in [4.69, 9.17) is 9.47 Å². The Morgan fingerprint density at radius 2 is 1.79 bits per heavy atom. The van der Waals surface area contributed by atoms with Crippen molar-refractivity contribution in [3.8, 4) is 11.5 Å². The van der Waals surface area contributed by atoms with Gasteiger partial charge in [-0.25, -0.2) is 8.42 Å². The lowest BCUT2D eigenvalue weighted by atomic mass is 10.3. The predicted octanol–water partition coefficient (Wildman–Crippen LogP) is 0.841. The normalized spacial score (nSPS) is 15.4. The van der Waals surface area contributed by atoms with Gasteiger partial charge in [-0.15, -0.1) is 12.4 Å². The number of fused-ring (bicyclic) bond motifs is 1. The third-order valence-electron chi connectivity index (χ3n) is 2.32. The minimum atomic E-state index is -3.29. The van der Waals surface area contributed by atoms with Crippen LogP contribution in [0.15, 0.2) is 18.2 Å². The Labute approximate surface area is 118 Å². The molecule has 0 fully saturated rings. The molecule has 19 heavy (non-hydrogen) atoms. The Balaban J connectivity index is 0.00000180. The first-order chi connectivity index (χ1) is 8.54. The van der Waals surface area contributed by atoms with Gasteiger partial charge in [-0.1, -0.05) is 0 Å². The summed E-state index contributed by atoms with van der Waals surface area (Å²) in [6.07, 6.45) is 1.11. The molecule has 0 saturated carbocycles. The molecule has 2 rings (SSSR count). The molecule has 0 saturated heterocycles. The molecule has 0 atom stereocenters. The van der Waals surface area contributed by atoms with Gasteiger partial charge in [0.2, 0.25) is 10.0 Å². The van der Waals surface area contributed by atoms with Gasteiger partial charge >= 0.3 is 0 Å². The van der Waals surface area contributed by atoms with Gasteiger partial charge < -0.3 is 14.8 Å². The first-order valence-electron chi connectivity index (χ1n) is 5.63. The van der Waals surface area contributed by atoms with E-state index in [0.29, 0.717) is 30.4 Å². The molecular formula is C11H17ClN2O4S. The van der Waals surface area contributed by atoms with Crippen molar-refractivity contribution in [1.29, 1.82) is 0 Å². The van der Waals surface area contributed by atoms with Crippen molar-refractivity contribution in [2.24, 2.45) is 0 Å². The number of rotatable bonds is 2. The van der Waals surface area contributed by atoms with E-state index in [2.05, 4.69) is 10.0 Å². The summed E-state index contributed by atoms with van der Waals surface area (Å²) in [5, 5.41) is 3.15. The molecule has 0 aromatic heterocycles. The summed E-state index contributed by atoms with van der Waals surface area (Å²) >= 11 is 0. The molecule has 0 spiro atoms. The van der Waals surface area contributed by atoms with Crippen molar-refractivity contribution in [1.82, 2.24) is 5.32 Å². The average Bonchev–Trinajstić information content (AvgIpc) is 2.38. The SMILES string of the molecule is CS(=O)(=O)Nc1ccc2c(c1)OCCNCCO2.Cl. The maximum absolute atomic E-state index is 11.2. The van der Waals surface area contributed by atoms with Crippen molar-refractivity contribution in [3.05, 3.63) is 18.2 Å². The van der Waals surface area contributed by atoms with E-state index in [1.807, 2.05) is 0 Å². The van der Waals surface area contributed by atoms with Gasteiger partial charge in [0, 0.05) is 19.2 Å². The maximum atomic E-state index is 11.2. The standard InChI is InChI=1S/C11H16N2O4S.ClH/c1-18(14,15)13-9-2-3-10-11(8-9)17-7-5-12-4-6-16-10;/h2-3,8,12-13H,4-7H2,1H3;1H. The molecule has 1 aromatic rings. The van der Waals surface area contributed by atoms with Crippen LogP contribution in [0.2, 0.25) is 0 Å². The molecule has 1 aliphatic heterocycles. The van der Waals surface area contributed by atoms with Crippen LogP contribution in [-0.4, -0.2) is 41.0 Å². The third-order valence-corrected chi connectivity index (χ3v) is 2.93. The highest BCUT2D eigenvalue weighted by molar-refractivity contribution is 7.92. The van der Waals surface area contributed by atoms with Crippen LogP contribution in [-0.2, 0) is 10.0 Å². The quantitative estimate of drug-likeness (QED) is 0.847. The summed E-state index contributed by atoms with van der Waals surface area (Å²) in [4.78, 5) is 0. The highest BCUT2D eigenvalue weighted by Crippen LogP contribution is 2.31. The zero-order chi connectivity index (χ0) is 13.0. The maximum Gasteiger partial charge on any atom is 0.229 e. The fraction of sp³-hybridized carbons (Fsp3) is 0.455. The van der Waals surface area contributed by atoms with Crippen molar-refractivity contribution in [2.45, 2.75) is 0 Å². The molecule has 2 N–H and O–H groups in total. The molecule has 1 heterocycles. The van der Waals surface area contributed by atoms with E-state index >= 15 is 0 Å². The van der Waals surface area contributed by atoms with Gasteiger partial charge in [0.1, 0.15) is 13.2 Å². The van der Waals surface area contributed by atoms with Gasteiger partial charge in [-0.05, 0) is 12.1 Å². The summed E-state index contributed by atoms with van der Waals surface area (Å²) in [6, 6.07) is 4.98. The van der Waals surface area contributed by atoms with Gasteiger partial charge in [0.15, 0.2) is 11.5 Å². The molecule has 1 aromatic carbocycles. The zero-order valence-electron chi connectivity index (χ0n) is 10.5. The van der Waals surface area contributed by atoms with E-state index < -0.39 is 10.0 Å². The summed E-state index contributed by atoms with van der Waals surface area (Å²) in [7, 11) is -3.29. The van der Waals surface area contributed by atoms with Crippen molar-refractivity contribution >= 4 is 28.1 Å².